The highest BCUT2D eigenvalue weighted by Crippen LogP contribution is 2.42. The molecular formula is C19H20O2S. The predicted octanol–water partition coefficient (Wildman–Crippen LogP) is 5.54. The van der Waals surface area contributed by atoms with Crippen LogP contribution < -0.4 is 4.74 Å². The standard InChI is InChI=1S/C19H20O2S/c1-5-14-7-9-16-13(4)22-19(17(16)18(14)20)21-15-8-6-11(2)12(3)10-15/h5-6,8,10H,7,9H2,1-4H3/b14-5+. The number of carbonyl (C=O) groups excluding carboxylic acids is 1. The average Bonchev–Trinajstić information content (AvgIpc) is 2.80. The van der Waals surface area contributed by atoms with Gasteiger partial charge < -0.3 is 4.74 Å². The van der Waals surface area contributed by atoms with Crippen LogP contribution in [0, 0.1) is 20.8 Å². The molecule has 0 bridgehead atoms. The maximum atomic E-state index is 12.7. The SMILES string of the molecule is C/C=C1\CCc2c(C)sc(Oc3ccc(C)c(C)c3)c2C1=O. The van der Waals surface area contributed by atoms with Gasteiger partial charge in [0.1, 0.15) is 5.75 Å². The van der Waals surface area contributed by atoms with Crippen LogP contribution in [0.3, 0.4) is 0 Å². The summed E-state index contributed by atoms with van der Waals surface area (Å²) in [6.45, 7) is 8.16. The van der Waals surface area contributed by atoms with E-state index < -0.39 is 0 Å². The summed E-state index contributed by atoms with van der Waals surface area (Å²) in [6, 6.07) is 6.05. The van der Waals surface area contributed by atoms with Crippen molar-refractivity contribution in [2.75, 3.05) is 0 Å². The van der Waals surface area contributed by atoms with Crippen LogP contribution in [0.15, 0.2) is 29.8 Å². The number of hydrogen-bond donors (Lipinski definition) is 0. The lowest BCUT2D eigenvalue weighted by Crippen LogP contribution is -2.13. The maximum Gasteiger partial charge on any atom is 0.193 e. The lowest BCUT2D eigenvalue weighted by Gasteiger charge is -2.16. The molecule has 1 heterocycles. The van der Waals surface area contributed by atoms with Crippen molar-refractivity contribution in [2.45, 2.75) is 40.5 Å². The van der Waals surface area contributed by atoms with E-state index in [0.717, 1.165) is 34.8 Å². The van der Waals surface area contributed by atoms with E-state index in [1.807, 2.05) is 25.1 Å². The van der Waals surface area contributed by atoms with Crippen LogP contribution in [0.5, 0.6) is 10.8 Å². The third-order valence-corrected chi connectivity index (χ3v) is 5.40. The summed E-state index contributed by atoms with van der Waals surface area (Å²) >= 11 is 1.58. The zero-order valence-electron chi connectivity index (χ0n) is 13.4. The van der Waals surface area contributed by atoms with Crippen molar-refractivity contribution < 1.29 is 9.53 Å². The Balaban J connectivity index is 2.02. The Morgan fingerprint density at radius 3 is 2.59 bits per heavy atom. The predicted molar refractivity (Wildman–Crippen MR) is 91.5 cm³/mol. The first kappa shape index (κ1) is 15.0. The van der Waals surface area contributed by atoms with Crippen molar-refractivity contribution in [1.29, 1.82) is 0 Å². The number of benzene rings is 1. The van der Waals surface area contributed by atoms with Crippen molar-refractivity contribution in [3.05, 3.63) is 57.0 Å². The van der Waals surface area contributed by atoms with Gasteiger partial charge in [-0.3, -0.25) is 4.79 Å². The maximum absolute atomic E-state index is 12.7. The van der Waals surface area contributed by atoms with E-state index in [-0.39, 0.29) is 5.78 Å². The number of allylic oxidation sites excluding steroid dienone is 2. The fourth-order valence-electron chi connectivity index (χ4n) is 2.85. The Bertz CT molecular complexity index is 781. The van der Waals surface area contributed by atoms with Crippen molar-refractivity contribution >= 4 is 17.1 Å². The fraction of sp³-hybridized carbons (Fsp3) is 0.316. The van der Waals surface area contributed by atoms with E-state index in [9.17, 15) is 4.79 Å². The van der Waals surface area contributed by atoms with Gasteiger partial charge >= 0.3 is 0 Å². The Hall–Kier alpha value is -1.87. The minimum atomic E-state index is 0.131. The number of carbonyl (C=O) groups is 1. The Labute approximate surface area is 135 Å². The van der Waals surface area contributed by atoms with Gasteiger partial charge in [-0.15, -0.1) is 11.3 Å². The number of ether oxygens (including phenoxy) is 1. The molecule has 1 aliphatic rings. The van der Waals surface area contributed by atoms with Gasteiger partial charge in [-0.05, 0) is 74.9 Å². The molecule has 2 nitrogen and oxygen atoms in total. The van der Waals surface area contributed by atoms with E-state index in [1.165, 1.54) is 21.6 Å². The van der Waals surface area contributed by atoms with E-state index in [1.54, 1.807) is 11.3 Å². The van der Waals surface area contributed by atoms with Crippen LogP contribution in [-0.4, -0.2) is 5.78 Å². The molecule has 0 aliphatic heterocycles. The Morgan fingerprint density at radius 1 is 1.14 bits per heavy atom. The highest BCUT2D eigenvalue weighted by molar-refractivity contribution is 7.14. The van der Waals surface area contributed by atoms with Gasteiger partial charge in [0.05, 0.1) is 5.56 Å². The molecule has 3 heteroatoms. The van der Waals surface area contributed by atoms with Crippen LogP contribution in [0.25, 0.3) is 0 Å². The van der Waals surface area contributed by atoms with Gasteiger partial charge in [0.25, 0.3) is 0 Å². The summed E-state index contributed by atoms with van der Waals surface area (Å²) in [7, 11) is 0. The molecule has 22 heavy (non-hydrogen) atoms. The second-order valence-corrected chi connectivity index (χ2v) is 6.98. The van der Waals surface area contributed by atoms with Gasteiger partial charge in [0.15, 0.2) is 10.8 Å². The molecule has 0 amide bonds. The van der Waals surface area contributed by atoms with Crippen LogP contribution >= 0.6 is 11.3 Å². The molecule has 0 atom stereocenters. The number of thiophene rings is 1. The molecular weight excluding hydrogens is 292 g/mol. The van der Waals surface area contributed by atoms with E-state index in [4.69, 9.17) is 4.74 Å². The number of aryl methyl sites for hydroxylation is 3. The number of rotatable bonds is 2. The highest BCUT2D eigenvalue weighted by atomic mass is 32.1. The molecule has 2 aromatic rings. The average molecular weight is 312 g/mol. The zero-order chi connectivity index (χ0) is 15.9. The van der Waals surface area contributed by atoms with Crippen LogP contribution in [0.2, 0.25) is 0 Å². The van der Waals surface area contributed by atoms with Crippen LogP contribution in [0.4, 0.5) is 0 Å². The van der Waals surface area contributed by atoms with Crippen molar-refractivity contribution in [2.24, 2.45) is 0 Å². The lowest BCUT2D eigenvalue weighted by molar-refractivity contribution is 0.102. The molecule has 0 unspecified atom stereocenters. The molecule has 0 spiro atoms. The molecule has 3 rings (SSSR count). The largest absolute Gasteiger partial charge is 0.446 e. The van der Waals surface area contributed by atoms with E-state index in [0.29, 0.717) is 0 Å². The normalized spacial score (nSPS) is 16.0. The molecule has 0 saturated carbocycles. The Kier molecular flexibility index (Phi) is 3.92. The van der Waals surface area contributed by atoms with Crippen molar-refractivity contribution in [1.82, 2.24) is 0 Å². The van der Waals surface area contributed by atoms with Gasteiger partial charge in [-0.2, -0.15) is 0 Å². The molecule has 1 aliphatic carbocycles. The van der Waals surface area contributed by atoms with E-state index >= 15 is 0 Å². The third kappa shape index (κ3) is 2.50. The molecule has 0 fully saturated rings. The fourth-order valence-corrected chi connectivity index (χ4v) is 3.91. The smallest absolute Gasteiger partial charge is 0.193 e. The Morgan fingerprint density at radius 2 is 1.91 bits per heavy atom. The lowest BCUT2D eigenvalue weighted by atomic mass is 9.88. The van der Waals surface area contributed by atoms with Crippen molar-refractivity contribution in [3.8, 4) is 10.8 Å². The number of fused-ring (bicyclic) bond motifs is 1. The van der Waals surface area contributed by atoms with Gasteiger partial charge in [-0.25, -0.2) is 0 Å². The summed E-state index contributed by atoms with van der Waals surface area (Å²) < 4.78 is 6.07. The minimum absolute atomic E-state index is 0.131. The summed E-state index contributed by atoms with van der Waals surface area (Å²) in [5, 5.41) is 0.736. The van der Waals surface area contributed by atoms with Gasteiger partial charge in [0.2, 0.25) is 0 Å². The zero-order valence-corrected chi connectivity index (χ0v) is 14.3. The quantitative estimate of drug-likeness (QED) is 0.680. The monoisotopic (exact) mass is 312 g/mol. The number of Topliss-reactive ketones (excluding diaryl/α,β-unsaturated/α-hetero) is 1. The molecule has 1 aromatic heterocycles. The van der Waals surface area contributed by atoms with Gasteiger partial charge in [0, 0.05) is 4.88 Å². The molecule has 0 radical (unpaired) electrons. The first-order chi connectivity index (χ1) is 10.5. The second kappa shape index (κ2) is 5.73. The number of hydrogen-bond acceptors (Lipinski definition) is 3. The first-order valence-corrected chi connectivity index (χ1v) is 8.40. The molecule has 0 N–H and O–H groups in total. The highest BCUT2D eigenvalue weighted by Gasteiger charge is 2.29. The van der Waals surface area contributed by atoms with E-state index in [2.05, 4.69) is 26.8 Å². The summed E-state index contributed by atoms with van der Waals surface area (Å²) in [4.78, 5) is 13.8. The first-order valence-electron chi connectivity index (χ1n) is 7.58. The van der Waals surface area contributed by atoms with Crippen LogP contribution in [-0.2, 0) is 6.42 Å². The topological polar surface area (TPSA) is 26.3 Å². The van der Waals surface area contributed by atoms with Crippen molar-refractivity contribution in [3.63, 3.8) is 0 Å². The summed E-state index contributed by atoms with van der Waals surface area (Å²) in [6.07, 6.45) is 3.69. The summed E-state index contributed by atoms with van der Waals surface area (Å²) in [5.41, 5.74) is 5.28. The van der Waals surface area contributed by atoms with Crippen LogP contribution in [0.1, 0.15) is 45.3 Å². The minimum Gasteiger partial charge on any atom is -0.446 e. The molecule has 114 valence electrons. The van der Waals surface area contributed by atoms with Gasteiger partial charge in [-0.1, -0.05) is 12.1 Å². The summed E-state index contributed by atoms with van der Waals surface area (Å²) in [5.74, 6) is 0.930. The molecule has 0 saturated heterocycles. The number of ketones is 1. The third-order valence-electron chi connectivity index (χ3n) is 4.38. The second-order valence-electron chi connectivity index (χ2n) is 5.79. The molecule has 1 aromatic carbocycles.